The van der Waals surface area contributed by atoms with Gasteiger partial charge < -0.3 is 4.90 Å². The van der Waals surface area contributed by atoms with E-state index >= 15 is 0 Å². The molecule has 0 N–H and O–H groups in total. The molecule has 3 rings (SSSR count). The van der Waals surface area contributed by atoms with Gasteiger partial charge in [0.1, 0.15) is 11.6 Å². The van der Waals surface area contributed by atoms with E-state index in [0.29, 0.717) is 0 Å². The molecule has 0 atom stereocenters. The van der Waals surface area contributed by atoms with Gasteiger partial charge in [-0.1, -0.05) is 28.1 Å². The Morgan fingerprint density at radius 1 is 1.14 bits per heavy atom. The summed E-state index contributed by atoms with van der Waals surface area (Å²) in [5.41, 5.74) is 3.34. The predicted octanol–water partition coefficient (Wildman–Crippen LogP) is 4.85. The average molecular weight is 448 g/mol. The Morgan fingerprint density at radius 3 is 2.39 bits per heavy atom. The van der Waals surface area contributed by atoms with Crippen LogP contribution in [0.1, 0.15) is 22.5 Å². The summed E-state index contributed by atoms with van der Waals surface area (Å²) in [5.74, 6) is -1.74. The molecule has 2 aromatic carbocycles. The van der Waals surface area contributed by atoms with E-state index in [4.69, 9.17) is 0 Å². The van der Waals surface area contributed by atoms with Crippen molar-refractivity contribution in [2.45, 2.75) is 26.8 Å². The summed E-state index contributed by atoms with van der Waals surface area (Å²) in [6.07, 6.45) is 0.0822. The van der Waals surface area contributed by atoms with Crippen molar-refractivity contribution in [2.24, 2.45) is 7.05 Å². The molecule has 0 aliphatic heterocycles. The third-order valence-corrected chi connectivity index (χ3v) is 5.27. The van der Waals surface area contributed by atoms with Gasteiger partial charge in [-0.3, -0.25) is 9.48 Å². The van der Waals surface area contributed by atoms with E-state index in [2.05, 4.69) is 21.0 Å². The van der Waals surface area contributed by atoms with E-state index in [1.807, 2.05) is 45.2 Å². The van der Waals surface area contributed by atoms with Crippen molar-refractivity contribution in [3.63, 3.8) is 0 Å². The molecule has 1 amide bonds. The van der Waals surface area contributed by atoms with Gasteiger partial charge in [-0.05, 0) is 43.7 Å². The van der Waals surface area contributed by atoms with Crippen LogP contribution in [0.25, 0.3) is 0 Å². The molecule has 146 valence electrons. The summed E-state index contributed by atoms with van der Waals surface area (Å²) in [6.45, 7) is 3.90. The van der Waals surface area contributed by atoms with Crippen LogP contribution in [0, 0.1) is 25.5 Å². The molecule has 0 fully saturated rings. The molecule has 0 aliphatic carbocycles. The molecule has 0 radical (unpaired) electrons. The molecule has 0 unspecified atom stereocenters. The number of carbonyl (C=O) groups excluding carboxylic acids is 1. The van der Waals surface area contributed by atoms with Crippen LogP contribution in [0.3, 0.4) is 0 Å². The third kappa shape index (κ3) is 4.30. The third-order valence-electron chi connectivity index (χ3n) is 4.74. The Hall–Kier alpha value is -2.54. The Kier molecular flexibility index (Phi) is 5.93. The number of amides is 1. The van der Waals surface area contributed by atoms with Crippen molar-refractivity contribution >= 4 is 27.5 Å². The fourth-order valence-electron chi connectivity index (χ4n) is 3.10. The predicted molar refractivity (Wildman–Crippen MR) is 108 cm³/mol. The fourth-order valence-corrected chi connectivity index (χ4v) is 3.36. The van der Waals surface area contributed by atoms with Crippen LogP contribution in [0.4, 0.5) is 14.5 Å². The Bertz CT molecular complexity index is 1020. The Morgan fingerprint density at radius 2 is 1.82 bits per heavy atom. The van der Waals surface area contributed by atoms with Gasteiger partial charge >= 0.3 is 0 Å². The highest BCUT2D eigenvalue weighted by Gasteiger charge is 2.23. The van der Waals surface area contributed by atoms with Crippen LogP contribution in [-0.4, -0.2) is 15.7 Å². The van der Waals surface area contributed by atoms with Gasteiger partial charge in [-0.15, -0.1) is 0 Å². The summed E-state index contributed by atoms with van der Waals surface area (Å²) in [7, 11) is 1.82. The van der Waals surface area contributed by atoms with Gasteiger partial charge in [-0.2, -0.15) is 5.10 Å². The summed E-state index contributed by atoms with van der Waals surface area (Å²) in [4.78, 5) is 14.5. The Labute approximate surface area is 170 Å². The first-order valence-electron chi connectivity index (χ1n) is 8.75. The zero-order valence-electron chi connectivity index (χ0n) is 15.8. The molecule has 4 nitrogen and oxygen atoms in total. The van der Waals surface area contributed by atoms with Gasteiger partial charge in [0.25, 0.3) is 0 Å². The van der Waals surface area contributed by atoms with Gasteiger partial charge in [-0.25, -0.2) is 8.78 Å². The van der Waals surface area contributed by atoms with Crippen LogP contribution in [0.2, 0.25) is 0 Å². The number of rotatable bonds is 5. The maximum absolute atomic E-state index is 14.5. The van der Waals surface area contributed by atoms with Crippen molar-refractivity contribution in [3.8, 4) is 0 Å². The molecule has 0 saturated heterocycles. The summed E-state index contributed by atoms with van der Waals surface area (Å²) in [6, 6.07) is 10.7. The molecular weight excluding hydrogens is 428 g/mol. The average Bonchev–Trinajstić information content (AvgIpc) is 2.88. The topological polar surface area (TPSA) is 38.1 Å². The normalized spacial score (nSPS) is 10.9. The second-order valence-corrected chi connectivity index (χ2v) is 7.57. The fraction of sp³-hybridized carbons (Fsp3) is 0.238. The minimum absolute atomic E-state index is 0.0496. The van der Waals surface area contributed by atoms with Crippen molar-refractivity contribution < 1.29 is 13.6 Å². The first-order chi connectivity index (χ1) is 13.3. The van der Waals surface area contributed by atoms with Crippen LogP contribution >= 0.6 is 15.9 Å². The largest absolute Gasteiger partial charge is 0.305 e. The van der Waals surface area contributed by atoms with Crippen LogP contribution in [0.15, 0.2) is 46.9 Å². The number of carbonyl (C=O) groups is 1. The van der Waals surface area contributed by atoms with Gasteiger partial charge in [0.15, 0.2) is 0 Å². The zero-order valence-corrected chi connectivity index (χ0v) is 17.4. The second-order valence-electron chi connectivity index (χ2n) is 6.65. The van der Waals surface area contributed by atoms with Gasteiger partial charge in [0.2, 0.25) is 5.91 Å². The lowest BCUT2D eigenvalue weighted by molar-refractivity contribution is -0.118. The maximum atomic E-state index is 14.5. The van der Waals surface area contributed by atoms with E-state index in [1.165, 1.54) is 11.0 Å². The number of hydrogen-bond acceptors (Lipinski definition) is 2. The van der Waals surface area contributed by atoms with Crippen LogP contribution in [0.5, 0.6) is 0 Å². The van der Waals surface area contributed by atoms with E-state index in [-0.39, 0.29) is 24.6 Å². The summed E-state index contributed by atoms with van der Waals surface area (Å²) in [5, 5.41) is 4.34. The van der Waals surface area contributed by atoms with E-state index in [9.17, 15) is 13.6 Å². The Balaban J connectivity index is 1.97. The number of benzene rings is 2. The minimum Gasteiger partial charge on any atom is -0.305 e. The number of halogens is 3. The van der Waals surface area contributed by atoms with Crippen molar-refractivity contribution in [1.29, 1.82) is 0 Å². The first kappa shape index (κ1) is 20.2. The monoisotopic (exact) mass is 447 g/mol. The quantitative estimate of drug-likeness (QED) is 0.560. The number of nitrogens with zero attached hydrogens (tertiary/aromatic N) is 3. The SMILES string of the molecule is Cc1nn(C)c(C)c1CC(=O)N(Cc1ccc(Br)cc1)c1ccc(F)cc1F. The zero-order chi connectivity index (χ0) is 20.4. The molecular formula is C21H20BrF2N3O. The second kappa shape index (κ2) is 8.22. The lowest BCUT2D eigenvalue weighted by Gasteiger charge is -2.24. The van der Waals surface area contributed by atoms with Crippen LogP contribution < -0.4 is 4.90 Å². The number of anilines is 1. The van der Waals surface area contributed by atoms with E-state index in [1.54, 1.807) is 4.68 Å². The number of aromatic nitrogens is 2. The minimum atomic E-state index is -0.773. The van der Waals surface area contributed by atoms with Crippen LogP contribution in [-0.2, 0) is 24.8 Å². The van der Waals surface area contributed by atoms with Crippen molar-refractivity contribution in [1.82, 2.24) is 9.78 Å². The molecule has 0 spiro atoms. The maximum Gasteiger partial charge on any atom is 0.231 e. The smallest absolute Gasteiger partial charge is 0.231 e. The molecule has 3 aromatic rings. The first-order valence-corrected chi connectivity index (χ1v) is 9.54. The molecule has 1 heterocycles. The van der Waals surface area contributed by atoms with Gasteiger partial charge in [0.05, 0.1) is 24.3 Å². The van der Waals surface area contributed by atoms with Gasteiger partial charge in [0, 0.05) is 28.8 Å². The number of aryl methyl sites for hydroxylation is 2. The van der Waals surface area contributed by atoms with Crippen molar-refractivity contribution in [3.05, 3.63) is 81.1 Å². The molecule has 0 aliphatic rings. The highest BCUT2D eigenvalue weighted by molar-refractivity contribution is 9.10. The van der Waals surface area contributed by atoms with E-state index in [0.717, 1.165) is 39.1 Å². The highest BCUT2D eigenvalue weighted by Crippen LogP contribution is 2.25. The molecule has 1 aromatic heterocycles. The highest BCUT2D eigenvalue weighted by atomic mass is 79.9. The molecule has 0 saturated carbocycles. The number of hydrogen-bond donors (Lipinski definition) is 0. The molecule has 0 bridgehead atoms. The van der Waals surface area contributed by atoms with E-state index < -0.39 is 11.6 Å². The summed E-state index contributed by atoms with van der Waals surface area (Å²) < 4.78 is 30.5. The lowest BCUT2D eigenvalue weighted by atomic mass is 10.1. The summed E-state index contributed by atoms with van der Waals surface area (Å²) >= 11 is 3.38. The van der Waals surface area contributed by atoms with Crippen molar-refractivity contribution in [2.75, 3.05) is 4.90 Å². The lowest BCUT2D eigenvalue weighted by Crippen LogP contribution is -2.32. The standard InChI is InChI=1S/C21H20BrF2N3O/c1-13-18(14(2)26(3)25-13)11-21(28)27(12-15-4-6-16(22)7-5-15)20-9-8-17(23)10-19(20)24/h4-10H,11-12H2,1-3H3. The molecule has 28 heavy (non-hydrogen) atoms. The molecule has 7 heteroatoms.